The maximum Gasteiger partial charge on any atom is 0.339 e. The largest absolute Gasteiger partial charge is 0.495 e. The van der Waals surface area contributed by atoms with Gasteiger partial charge in [0.1, 0.15) is 5.75 Å². The first-order chi connectivity index (χ1) is 14.0. The van der Waals surface area contributed by atoms with Crippen molar-refractivity contribution in [2.75, 3.05) is 24.9 Å². The standard InChI is InChI=1S/C22H21N3O4/c1-14-8-9-20(28-2)19(10-14)24-16-11-15(12-23-13-16)21(26)25-18-7-5-4-6-17(18)22(27)29-3/h4-13,24H,1-3H3,(H,25,26). The number of pyridine rings is 1. The van der Waals surface area contributed by atoms with Crippen LogP contribution in [0.3, 0.4) is 0 Å². The summed E-state index contributed by atoms with van der Waals surface area (Å²) >= 11 is 0. The fourth-order valence-electron chi connectivity index (χ4n) is 2.78. The number of nitrogens with one attached hydrogen (secondary N) is 2. The number of carbonyl (C=O) groups excluding carboxylic acids is 2. The van der Waals surface area contributed by atoms with E-state index in [0.29, 0.717) is 22.7 Å². The van der Waals surface area contributed by atoms with Gasteiger partial charge < -0.3 is 20.1 Å². The fourth-order valence-corrected chi connectivity index (χ4v) is 2.78. The number of esters is 1. The summed E-state index contributed by atoms with van der Waals surface area (Å²) in [6, 6.07) is 14.1. The van der Waals surface area contributed by atoms with Crippen molar-refractivity contribution in [1.29, 1.82) is 0 Å². The number of rotatable bonds is 6. The van der Waals surface area contributed by atoms with Crippen LogP contribution < -0.4 is 15.4 Å². The average molecular weight is 391 g/mol. The Bertz CT molecular complexity index is 1050. The first kappa shape index (κ1) is 19.9. The highest BCUT2D eigenvalue weighted by Gasteiger charge is 2.15. The molecule has 1 heterocycles. The Kier molecular flexibility index (Phi) is 6.09. The summed E-state index contributed by atoms with van der Waals surface area (Å²) in [7, 11) is 2.89. The first-order valence-electron chi connectivity index (χ1n) is 8.87. The van der Waals surface area contributed by atoms with Crippen LogP contribution >= 0.6 is 0 Å². The lowest BCUT2D eigenvalue weighted by Gasteiger charge is -2.13. The van der Waals surface area contributed by atoms with Gasteiger partial charge in [0.2, 0.25) is 0 Å². The number of amides is 1. The molecule has 148 valence electrons. The third-order valence-corrected chi connectivity index (χ3v) is 4.21. The van der Waals surface area contributed by atoms with E-state index in [1.807, 2.05) is 25.1 Å². The van der Waals surface area contributed by atoms with Gasteiger partial charge in [-0.1, -0.05) is 18.2 Å². The first-order valence-corrected chi connectivity index (χ1v) is 8.87. The molecule has 0 aliphatic rings. The maximum atomic E-state index is 12.7. The van der Waals surface area contributed by atoms with Crippen LogP contribution in [0.1, 0.15) is 26.3 Å². The molecule has 0 unspecified atom stereocenters. The van der Waals surface area contributed by atoms with Crippen molar-refractivity contribution in [1.82, 2.24) is 4.98 Å². The zero-order chi connectivity index (χ0) is 20.8. The summed E-state index contributed by atoms with van der Waals surface area (Å²) in [6.07, 6.45) is 3.07. The van der Waals surface area contributed by atoms with Crippen molar-refractivity contribution in [3.63, 3.8) is 0 Å². The number of ether oxygens (including phenoxy) is 2. The van der Waals surface area contributed by atoms with Crippen LogP contribution in [-0.2, 0) is 4.74 Å². The number of aromatic nitrogens is 1. The summed E-state index contributed by atoms with van der Waals surface area (Å²) in [5.41, 5.74) is 3.43. The monoisotopic (exact) mass is 391 g/mol. The van der Waals surface area contributed by atoms with Gasteiger partial charge in [0.05, 0.1) is 48.6 Å². The number of methoxy groups -OCH3 is 2. The lowest BCUT2D eigenvalue weighted by Crippen LogP contribution is -2.15. The van der Waals surface area contributed by atoms with Gasteiger partial charge in [0.15, 0.2) is 0 Å². The number of aryl methyl sites for hydroxylation is 1. The summed E-state index contributed by atoms with van der Waals surface area (Å²) < 4.78 is 10.1. The second-order valence-electron chi connectivity index (χ2n) is 6.28. The van der Waals surface area contributed by atoms with Gasteiger partial charge in [-0.3, -0.25) is 9.78 Å². The molecule has 3 aromatic rings. The van der Waals surface area contributed by atoms with Gasteiger partial charge >= 0.3 is 5.97 Å². The van der Waals surface area contributed by atoms with E-state index in [0.717, 1.165) is 11.3 Å². The zero-order valence-electron chi connectivity index (χ0n) is 16.4. The predicted octanol–water partition coefficient (Wildman–Crippen LogP) is 4.18. The molecule has 0 radical (unpaired) electrons. The fraction of sp³-hybridized carbons (Fsp3) is 0.136. The number of benzene rings is 2. The molecule has 2 N–H and O–H groups in total. The van der Waals surface area contributed by atoms with Gasteiger partial charge in [-0.05, 0) is 42.8 Å². The molecule has 0 saturated carbocycles. The highest BCUT2D eigenvalue weighted by Crippen LogP contribution is 2.28. The lowest BCUT2D eigenvalue weighted by atomic mass is 10.1. The van der Waals surface area contributed by atoms with E-state index >= 15 is 0 Å². The van der Waals surface area contributed by atoms with Crippen LogP contribution in [0.5, 0.6) is 5.75 Å². The Morgan fingerprint density at radius 1 is 0.966 bits per heavy atom. The minimum Gasteiger partial charge on any atom is -0.495 e. The van der Waals surface area contributed by atoms with E-state index in [-0.39, 0.29) is 5.56 Å². The molecule has 29 heavy (non-hydrogen) atoms. The molecule has 1 aromatic heterocycles. The summed E-state index contributed by atoms with van der Waals surface area (Å²) in [6.45, 7) is 1.98. The molecule has 0 saturated heterocycles. The smallest absolute Gasteiger partial charge is 0.339 e. The van der Waals surface area contributed by atoms with Crippen LogP contribution in [0.2, 0.25) is 0 Å². The van der Waals surface area contributed by atoms with E-state index in [9.17, 15) is 9.59 Å². The Balaban J connectivity index is 1.83. The second-order valence-corrected chi connectivity index (χ2v) is 6.28. The number of hydrogen-bond acceptors (Lipinski definition) is 6. The zero-order valence-corrected chi connectivity index (χ0v) is 16.4. The second kappa shape index (κ2) is 8.88. The van der Waals surface area contributed by atoms with Crippen molar-refractivity contribution in [2.45, 2.75) is 6.92 Å². The maximum absolute atomic E-state index is 12.7. The molecule has 7 nitrogen and oxygen atoms in total. The Morgan fingerprint density at radius 2 is 1.76 bits per heavy atom. The van der Waals surface area contributed by atoms with Gasteiger partial charge in [-0.2, -0.15) is 0 Å². The molecule has 0 bridgehead atoms. The molecule has 7 heteroatoms. The number of carbonyl (C=O) groups is 2. The summed E-state index contributed by atoms with van der Waals surface area (Å²) in [5.74, 6) is -0.243. The van der Waals surface area contributed by atoms with E-state index in [1.54, 1.807) is 43.6 Å². The van der Waals surface area contributed by atoms with Crippen LogP contribution in [0.25, 0.3) is 0 Å². The van der Waals surface area contributed by atoms with Crippen LogP contribution in [0, 0.1) is 6.92 Å². The van der Waals surface area contributed by atoms with Crippen molar-refractivity contribution in [3.8, 4) is 5.75 Å². The van der Waals surface area contributed by atoms with Crippen molar-refractivity contribution >= 4 is 28.9 Å². The van der Waals surface area contributed by atoms with E-state index < -0.39 is 11.9 Å². The van der Waals surface area contributed by atoms with Crippen molar-refractivity contribution < 1.29 is 19.1 Å². The quantitative estimate of drug-likeness (QED) is 0.613. The number of nitrogens with zero attached hydrogens (tertiary/aromatic N) is 1. The van der Waals surface area contributed by atoms with Gasteiger partial charge in [0, 0.05) is 6.20 Å². The Labute approximate surface area is 168 Å². The minimum absolute atomic E-state index is 0.273. The molecule has 2 aromatic carbocycles. The molecule has 0 spiro atoms. The number of anilines is 3. The van der Waals surface area contributed by atoms with Crippen LogP contribution in [0.15, 0.2) is 60.9 Å². The highest BCUT2D eigenvalue weighted by atomic mass is 16.5. The van der Waals surface area contributed by atoms with Gasteiger partial charge in [-0.25, -0.2) is 4.79 Å². The van der Waals surface area contributed by atoms with Crippen molar-refractivity contribution in [2.24, 2.45) is 0 Å². The SMILES string of the molecule is COC(=O)c1ccccc1NC(=O)c1cncc(Nc2cc(C)ccc2OC)c1. The van der Waals surface area contributed by atoms with E-state index in [1.165, 1.54) is 13.3 Å². The Hall–Kier alpha value is -3.87. The molecule has 1 amide bonds. The van der Waals surface area contributed by atoms with E-state index in [4.69, 9.17) is 9.47 Å². The molecule has 0 aliphatic heterocycles. The Morgan fingerprint density at radius 3 is 2.52 bits per heavy atom. The molecule has 0 atom stereocenters. The molecule has 0 aliphatic carbocycles. The van der Waals surface area contributed by atoms with Crippen LogP contribution in [-0.4, -0.2) is 31.1 Å². The topological polar surface area (TPSA) is 89.5 Å². The number of hydrogen-bond donors (Lipinski definition) is 2. The molecule has 0 fully saturated rings. The highest BCUT2D eigenvalue weighted by molar-refractivity contribution is 6.08. The van der Waals surface area contributed by atoms with Crippen LogP contribution in [0.4, 0.5) is 17.1 Å². The normalized spacial score (nSPS) is 10.2. The molecular formula is C22H21N3O4. The number of para-hydroxylation sites is 1. The third kappa shape index (κ3) is 4.70. The van der Waals surface area contributed by atoms with Gasteiger partial charge in [0.25, 0.3) is 5.91 Å². The minimum atomic E-state index is -0.527. The van der Waals surface area contributed by atoms with E-state index in [2.05, 4.69) is 15.6 Å². The molecular weight excluding hydrogens is 370 g/mol. The average Bonchev–Trinajstić information content (AvgIpc) is 2.74. The van der Waals surface area contributed by atoms with Crippen molar-refractivity contribution in [3.05, 3.63) is 77.6 Å². The van der Waals surface area contributed by atoms with Gasteiger partial charge in [-0.15, -0.1) is 0 Å². The summed E-state index contributed by atoms with van der Waals surface area (Å²) in [4.78, 5) is 28.7. The predicted molar refractivity (Wildman–Crippen MR) is 111 cm³/mol. The lowest BCUT2D eigenvalue weighted by molar-refractivity contribution is 0.0602. The third-order valence-electron chi connectivity index (χ3n) is 4.21. The molecule has 3 rings (SSSR count). The summed E-state index contributed by atoms with van der Waals surface area (Å²) in [5, 5.41) is 5.95.